The second kappa shape index (κ2) is 8.32. The van der Waals surface area contributed by atoms with Gasteiger partial charge in [-0.2, -0.15) is 0 Å². The first-order chi connectivity index (χ1) is 9.08. The van der Waals surface area contributed by atoms with Crippen LogP contribution in [0.2, 0.25) is 0 Å². The highest BCUT2D eigenvalue weighted by atomic mass is 16.5. The van der Waals surface area contributed by atoms with E-state index in [1.54, 1.807) is 18.2 Å². The molecule has 0 spiro atoms. The van der Waals surface area contributed by atoms with Gasteiger partial charge in [0.25, 0.3) is 0 Å². The maximum atomic E-state index is 11.5. The molecule has 0 unspecified atom stereocenters. The van der Waals surface area contributed by atoms with Crippen LogP contribution < -0.4 is 11.1 Å². The van der Waals surface area contributed by atoms with Crippen LogP contribution in [-0.2, 0) is 9.53 Å². The van der Waals surface area contributed by atoms with E-state index in [4.69, 9.17) is 10.5 Å². The molecule has 1 rings (SSSR count). The van der Waals surface area contributed by atoms with E-state index in [2.05, 4.69) is 19.2 Å². The highest BCUT2D eigenvalue weighted by molar-refractivity contribution is 5.91. The van der Waals surface area contributed by atoms with E-state index in [0.29, 0.717) is 24.8 Å². The van der Waals surface area contributed by atoms with Crippen molar-refractivity contribution in [3.8, 4) is 0 Å². The molecule has 1 amide bonds. The number of nitrogens with two attached hydrogens (primary N) is 1. The molecule has 0 radical (unpaired) electrons. The van der Waals surface area contributed by atoms with Crippen molar-refractivity contribution in [3.63, 3.8) is 0 Å². The molecule has 1 aromatic rings. The minimum Gasteiger partial charge on any atom is -0.399 e. The van der Waals surface area contributed by atoms with Crippen LogP contribution in [0.15, 0.2) is 30.3 Å². The van der Waals surface area contributed by atoms with Crippen LogP contribution in [0.5, 0.6) is 0 Å². The maximum absolute atomic E-state index is 11.5. The lowest BCUT2D eigenvalue weighted by molar-refractivity contribution is -0.116. The van der Waals surface area contributed by atoms with E-state index >= 15 is 0 Å². The molecule has 0 saturated carbocycles. The van der Waals surface area contributed by atoms with E-state index in [-0.39, 0.29) is 5.91 Å². The van der Waals surface area contributed by atoms with Gasteiger partial charge in [-0.1, -0.05) is 26.0 Å². The Kier molecular flexibility index (Phi) is 6.68. The first kappa shape index (κ1) is 15.2. The number of hydrogen-bond acceptors (Lipinski definition) is 3. The van der Waals surface area contributed by atoms with E-state index in [9.17, 15) is 4.79 Å². The molecule has 0 aromatic heterocycles. The fraction of sp³-hybridized carbons (Fsp3) is 0.400. The second-order valence-corrected chi connectivity index (χ2v) is 4.76. The van der Waals surface area contributed by atoms with Crippen molar-refractivity contribution in [2.45, 2.75) is 13.8 Å². The Bertz CT molecular complexity index is 411. The molecule has 4 nitrogen and oxygen atoms in total. The Morgan fingerprint density at radius 2 is 2.05 bits per heavy atom. The van der Waals surface area contributed by atoms with Crippen LogP contribution in [0.25, 0.3) is 6.08 Å². The van der Waals surface area contributed by atoms with Crippen molar-refractivity contribution in [3.05, 3.63) is 35.9 Å². The minimum absolute atomic E-state index is 0.120. The SMILES string of the molecule is CC(C)COCCNC(=O)/C=C/c1ccc(N)cc1. The minimum atomic E-state index is -0.120. The summed E-state index contributed by atoms with van der Waals surface area (Å²) in [6.07, 6.45) is 3.26. The second-order valence-electron chi connectivity index (χ2n) is 4.76. The third-order valence-electron chi connectivity index (χ3n) is 2.36. The first-order valence-corrected chi connectivity index (χ1v) is 6.47. The molecule has 0 aliphatic rings. The van der Waals surface area contributed by atoms with E-state index in [1.165, 1.54) is 6.08 Å². The van der Waals surface area contributed by atoms with Crippen molar-refractivity contribution >= 4 is 17.7 Å². The largest absolute Gasteiger partial charge is 0.399 e. The van der Waals surface area contributed by atoms with Gasteiger partial charge in [-0.3, -0.25) is 4.79 Å². The number of anilines is 1. The Morgan fingerprint density at radius 1 is 1.37 bits per heavy atom. The van der Waals surface area contributed by atoms with Gasteiger partial charge in [0.2, 0.25) is 5.91 Å². The topological polar surface area (TPSA) is 64.3 Å². The molecular formula is C15H22N2O2. The van der Waals surface area contributed by atoms with Crippen LogP contribution in [0.3, 0.4) is 0 Å². The normalized spacial score (nSPS) is 11.1. The Balaban J connectivity index is 2.22. The molecular weight excluding hydrogens is 240 g/mol. The summed E-state index contributed by atoms with van der Waals surface area (Å²) in [6.45, 7) is 5.97. The zero-order valence-corrected chi connectivity index (χ0v) is 11.6. The molecule has 1 aromatic carbocycles. The number of carbonyl (C=O) groups is 1. The van der Waals surface area contributed by atoms with Crippen LogP contribution in [-0.4, -0.2) is 25.7 Å². The lowest BCUT2D eigenvalue weighted by Crippen LogP contribution is -2.25. The Morgan fingerprint density at radius 3 is 2.68 bits per heavy atom. The molecule has 0 aliphatic heterocycles. The number of ether oxygens (including phenoxy) is 1. The fourth-order valence-electron chi connectivity index (χ4n) is 1.40. The van der Waals surface area contributed by atoms with Gasteiger partial charge in [0.1, 0.15) is 0 Å². The lowest BCUT2D eigenvalue weighted by Gasteiger charge is -2.06. The molecule has 0 heterocycles. The van der Waals surface area contributed by atoms with Crippen molar-refractivity contribution in [2.24, 2.45) is 5.92 Å². The number of nitrogen functional groups attached to an aromatic ring is 1. The summed E-state index contributed by atoms with van der Waals surface area (Å²) in [5.41, 5.74) is 7.24. The summed E-state index contributed by atoms with van der Waals surface area (Å²) in [5.74, 6) is 0.395. The number of carbonyl (C=O) groups excluding carboxylic acids is 1. The first-order valence-electron chi connectivity index (χ1n) is 6.47. The summed E-state index contributed by atoms with van der Waals surface area (Å²) in [6, 6.07) is 7.34. The summed E-state index contributed by atoms with van der Waals surface area (Å²) < 4.78 is 5.37. The summed E-state index contributed by atoms with van der Waals surface area (Å²) >= 11 is 0. The number of hydrogen-bond donors (Lipinski definition) is 2. The summed E-state index contributed by atoms with van der Waals surface area (Å²) in [7, 11) is 0. The summed E-state index contributed by atoms with van der Waals surface area (Å²) in [5, 5.41) is 2.76. The van der Waals surface area contributed by atoms with Crippen LogP contribution in [0, 0.1) is 5.92 Å². The smallest absolute Gasteiger partial charge is 0.244 e. The third kappa shape index (κ3) is 7.26. The average molecular weight is 262 g/mol. The molecule has 0 atom stereocenters. The lowest BCUT2D eigenvalue weighted by atomic mass is 10.2. The highest BCUT2D eigenvalue weighted by Gasteiger charge is 1.96. The average Bonchev–Trinajstić information content (AvgIpc) is 2.37. The monoisotopic (exact) mass is 262 g/mol. The van der Waals surface area contributed by atoms with E-state index < -0.39 is 0 Å². The van der Waals surface area contributed by atoms with E-state index in [1.807, 2.05) is 12.1 Å². The highest BCUT2D eigenvalue weighted by Crippen LogP contribution is 2.06. The Labute approximate surface area is 114 Å². The van der Waals surface area contributed by atoms with Gasteiger partial charge in [0, 0.05) is 24.9 Å². The quantitative estimate of drug-likeness (QED) is 0.449. The Hall–Kier alpha value is -1.81. The van der Waals surface area contributed by atoms with Crippen molar-refractivity contribution in [2.75, 3.05) is 25.5 Å². The molecule has 19 heavy (non-hydrogen) atoms. The van der Waals surface area contributed by atoms with Gasteiger partial charge in [-0.25, -0.2) is 0 Å². The van der Waals surface area contributed by atoms with Gasteiger partial charge in [0.05, 0.1) is 6.61 Å². The molecule has 0 aliphatic carbocycles. The molecule has 3 N–H and O–H groups in total. The van der Waals surface area contributed by atoms with Crippen molar-refractivity contribution in [1.82, 2.24) is 5.32 Å². The summed E-state index contributed by atoms with van der Waals surface area (Å²) in [4.78, 5) is 11.5. The zero-order valence-electron chi connectivity index (χ0n) is 11.6. The number of benzene rings is 1. The number of amides is 1. The van der Waals surface area contributed by atoms with Gasteiger partial charge in [-0.05, 0) is 29.7 Å². The van der Waals surface area contributed by atoms with Crippen molar-refractivity contribution in [1.29, 1.82) is 0 Å². The fourth-order valence-corrected chi connectivity index (χ4v) is 1.40. The molecule has 0 saturated heterocycles. The predicted molar refractivity (Wildman–Crippen MR) is 78.6 cm³/mol. The number of nitrogens with one attached hydrogen (secondary N) is 1. The predicted octanol–water partition coefficient (Wildman–Crippen LogP) is 2.07. The molecule has 4 heteroatoms. The van der Waals surface area contributed by atoms with Crippen LogP contribution >= 0.6 is 0 Å². The van der Waals surface area contributed by atoms with Gasteiger partial charge < -0.3 is 15.8 Å². The number of rotatable bonds is 7. The molecule has 0 bridgehead atoms. The van der Waals surface area contributed by atoms with Gasteiger partial charge in [-0.15, -0.1) is 0 Å². The van der Waals surface area contributed by atoms with E-state index in [0.717, 1.165) is 12.2 Å². The standard InChI is InChI=1S/C15H22N2O2/c1-12(2)11-19-10-9-17-15(18)8-5-13-3-6-14(16)7-4-13/h3-8,12H,9-11,16H2,1-2H3,(H,17,18)/b8-5+. The van der Waals surface area contributed by atoms with Gasteiger partial charge in [0.15, 0.2) is 0 Å². The molecule has 104 valence electrons. The van der Waals surface area contributed by atoms with Crippen LogP contribution in [0.4, 0.5) is 5.69 Å². The van der Waals surface area contributed by atoms with Crippen molar-refractivity contribution < 1.29 is 9.53 Å². The van der Waals surface area contributed by atoms with Crippen LogP contribution in [0.1, 0.15) is 19.4 Å². The molecule has 0 fully saturated rings. The zero-order chi connectivity index (χ0) is 14.1. The maximum Gasteiger partial charge on any atom is 0.244 e. The third-order valence-corrected chi connectivity index (χ3v) is 2.36. The van der Waals surface area contributed by atoms with Gasteiger partial charge >= 0.3 is 0 Å².